The van der Waals surface area contributed by atoms with Gasteiger partial charge in [0, 0.05) is 4.48 Å². The lowest BCUT2D eigenvalue weighted by Crippen LogP contribution is -2.09. The van der Waals surface area contributed by atoms with Crippen LogP contribution in [0.25, 0.3) is 0 Å². The van der Waals surface area contributed by atoms with Crippen LogP contribution in [0.2, 0.25) is 0 Å². The Morgan fingerprint density at radius 2 is 2.06 bits per heavy atom. The molecule has 0 amide bonds. The fourth-order valence-corrected chi connectivity index (χ4v) is 3.85. The van der Waals surface area contributed by atoms with E-state index in [4.69, 9.17) is 9.05 Å². The summed E-state index contributed by atoms with van der Waals surface area (Å²) >= 11 is 3.40. The first-order valence-corrected chi connectivity index (χ1v) is 8.03. The molecule has 0 saturated carbocycles. The summed E-state index contributed by atoms with van der Waals surface area (Å²) in [6, 6.07) is 0. The van der Waals surface area contributed by atoms with Crippen molar-refractivity contribution in [1.29, 1.82) is 0 Å². The summed E-state index contributed by atoms with van der Waals surface area (Å²) in [7, 11) is -2.90. The van der Waals surface area contributed by atoms with Crippen LogP contribution in [0.1, 0.15) is 20.3 Å². The van der Waals surface area contributed by atoms with Crippen LogP contribution >= 0.6 is 23.5 Å². The molecule has 0 spiro atoms. The number of allylic oxidation sites excluding steroid dienone is 4. The van der Waals surface area contributed by atoms with Crippen LogP contribution in [-0.2, 0) is 13.6 Å². The molecule has 3 nitrogen and oxygen atoms in total. The van der Waals surface area contributed by atoms with E-state index in [1.54, 1.807) is 0 Å². The molecule has 1 aliphatic rings. The molecule has 0 aromatic carbocycles. The van der Waals surface area contributed by atoms with Crippen molar-refractivity contribution in [3.63, 3.8) is 0 Å². The van der Waals surface area contributed by atoms with E-state index in [9.17, 15) is 4.57 Å². The highest BCUT2D eigenvalue weighted by atomic mass is 79.9. The largest absolute Gasteiger partial charge is 0.331 e. The highest BCUT2D eigenvalue weighted by Gasteiger charge is 2.27. The maximum Gasteiger partial charge on any atom is 0.331 e. The van der Waals surface area contributed by atoms with Crippen LogP contribution in [-0.4, -0.2) is 19.4 Å². The van der Waals surface area contributed by atoms with Gasteiger partial charge in [-0.05, 0) is 26.2 Å². The van der Waals surface area contributed by atoms with Gasteiger partial charge in [0.05, 0.1) is 19.4 Å². The fourth-order valence-electron chi connectivity index (χ4n) is 1.60. The van der Waals surface area contributed by atoms with Crippen molar-refractivity contribution >= 4 is 23.5 Å². The van der Waals surface area contributed by atoms with Gasteiger partial charge >= 0.3 is 7.60 Å². The Balaban J connectivity index is 2.56. The summed E-state index contributed by atoms with van der Waals surface area (Å²) in [6.45, 7) is 4.51. The first-order valence-electron chi connectivity index (χ1n) is 5.51. The van der Waals surface area contributed by atoms with Crippen LogP contribution < -0.4 is 0 Å². The minimum absolute atomic E-state index is 0.241. The maximum absolute atomic E-state index is 12.3. The Bertz CT molecular complexity index is 315. The molecule has 5 heteroatoms. The van der Waals surface area contributed by atoms with Crippen molar-refractivity contribution in [3.8, 4) is 0 Å². The zero-order valence-corrected chi connectivity index (χ0v) is 12.2. The van der Waals surface area contributed by atoms with E-state index >= 15 is 0 Å². The van der Waals surface area contributed by atoms with Crippen molar-refractivity contribution in [2.24, 2.45) is 5.92 Å². The van der Waals surface area contributed by atoms with Gasteiger partial charge in [0.1, 0.15) is 0 Å². The number of hydrogen-bond acceptors (Lipinski definition) is 3. The van der Waals surface area contributed by atoms with Crippen LogP contribution in [0, 0.1) is 5.92 Å². The average Bonchev–Trinajstić information content (AvgIpc) is 2.22. The van der Waals surface area contributed by atoms with Crippen molar-refractivity contribution < 1.29 is 13.6 Å². The van der Waals surface area contributed by atoms with E-state index in [2.05, 4.69) is 28.1 Å². The third-order valence-electron chi connectivity index (χ3n) is 2.25. The zero-order chi connectivity index (χ0) is 12.0. The van der Waals surface area contributed by atoms with Gasteiger partial charge in [-0.3, -0.25) is 4.57 Å². The van der Waals surface area contributed by atoms with Crippen molar-refractivity contribution in [1.82, 2.24) is 0 Å². The third kappa shape index (κ3) is 4.54. The molecule has 0 bridgehead atoms. The fraction of sp³-hybridized carbons (Fsp3) is 0.636. The lowest BCUT2D eigenvalue weighted by Gasteiger charge is -2.21. The zero-order valence-electron chi connectivity index (χ0n) is 9.69. The number of rotatable bonds is 6. The van der Waals surface area contributed by atoms with E-state index < -0.39 is 7.60 Å². The van der Waals surface area contributed by atoms with Gasteiger partial charge < -0.3 is 9.05 Å². The second-order valence-electron chi connectivity index (χ2n) is 3.57. The predicted molar refractivity (Wildman–Crippen MR) is 70.0 cm³/mol. The Labute approximate surface area is 106 Å². The van der Waals surface area contributed by atoms with Gasteiger partial charge in [-0.2, -0.15) is 0 Å². The molecule has 0 radical (unpaired) electrons. The second-order valence-corrected chi connectivity index (χ2v) is 6.59. The molecule has 0 heterocycles. The van der Waals surface area contributed by atoms with Gasteiger partial charge in [-0.1, -0.05) is 34.2 Å². The summed E-state index contributed by atoms with van der Waals surface area (Å²) in [4.78, 5) is 0. The highest BCUT2D eigenvalue weighted by molar-refractivity contribution is 9.11. The monoisotopic (exact) mass is 308 g/mol. The highest BCUT2D eigenvalue weighted by Crippen LogP contribution is 2.50. The lowest BCUT2D eigenvalue weighted by atomic mass is 10.0. The first-order chi connectivity index (χ1) is 7.59. The third-order valence-corrected chi connectivity index (χ3v) is 5.06. The Morgan fingerprint density at radius 3 is 2.50 bits per heavy atom. The SMILES string of the molecule is CCOP(=O)(CC1C=CC(Br)=CC1)OCC. The number of hydrogen-bond donors (Lipinski definition) is 0. The molecular formula is C11H18BrO3P. The van der Waals surface area contributed by atoms with Crippen molar-refractivity contribution in [2.45, 2.75) is 20.3 Å². The molecule has 1 aliphatic carbocycles. The molecule has 0 fully saturated rings. The number of halogens is 1. The van der Waals surface area contributed by atoms with Crippen molar-refractivity contribution in [2.75, 3.05) is 19.4 Å². The van der Waals surface area contributed by atoms with Crippen LogP contribution in [0.5, 0.6) is 0 Å². The van der Waals surface area contributed by atoms with E-state index in [-0.39, 0.29) is 5.92 Å². The summed E-state index contributed by atoms with van der Waals surface area (Å²) in [5.74, 6) is 0.241. The Hall–Kier alpha value is 0.110. The molecule has 1 atom stereocenters. The van der Waals surface area contributed by atoms with Gasteiger partial charge in [0.2, 0.25) is 0 Å². The van der Waals surface area contributed by atoms with Crippen LogP contribution in [0.15, 0.2) is 22.7 Å². The molecule has 16 heavy (non-hydrogen) atoms. The topological polar surface area (TPSA) is 35.5 Å². The quantitative estimate of drug-likeness (QED) is 0.693. The van der Waals surface area contributed by atoms with E-state index in [1.165, 1.54) is 0 Å². The van der Waals surface area contributed by atoms with Gasteiger partial charge in [0.15, 0.2) is 0 Å². The summed E-state index contributed by atoms with van der Waals surface area (Å²) < 4.78 is 23.9. The Morgan fingerprint density at radius 1 is 1.44 bits per heavy atom. The van der Waals surface area contributed by atoms with Crippen LogP contribution in [0.3, 0.4) is 0 Å². The summed E-state index contributed by atoms with van der Waals surface area (Å²) in [5, 5.41) is 0. The molecule has 0 aromatic rings. The Kier molecular flexibility index (Phi) is 5.98. The summed E-state index contributed by atoms with van der Waals surface area (Å²) in [5.41, 5.74) is 0. The maximum atomic E-state index is 12.3. The van der Waals surface area contributed by atoms with E-state index in [1.807, 2.05) is 19.9 Å². The summed E-state index contributed by atoms with van der Waals surface area (Å²) in [6.07, 6.45) is 7.45. The molecule has 0 saturated heterocycles. The molecule has 92 valence electrons. The molecule has 1 unspecified atom stereocenters. The van der Waals surface area contributed by atoms with Crippen molar-refractivity contribution in [3.05, 3.63) is 22.7 Å². The smallest absolute Gasteiger partial charge is 0.309 e. The molecule has 0 aromatic heterocycles. The van der Waals surface area contributed by atoms with Crippen LogP contribution in [0.4, 0.5) is 0 Å². The lowest BCUT2D eigenvalue weighted by molar-refractivity contribution is 0.217. The normalized spacial score (nSPS) is 20.9. The molecular weight excluding hydrogens is 291 g/mol. The van der Waals surface area contributed by atoms with Gasteiger partial charge in [0.25, 0.3) is 0 Å². The van der Waals surface area contributed by atoms with Gasteiger partial charge in [-0.15, -0.1) is 0 Å². The molecule has 1 rings (SSSR count). The minimum Gasteiger partial charge on any atom is -0.309 e. The molecule has 0 aliphatic heterocycles. The molecule has 0 N–H and O–H groups in total. The standard InChI is InChI=1S/C11H18BrO3P/c1-3-14-16(13,15-4-2)9-10-5-7-11(12)8-6-10/h5,7-8,10H,3-4,6,9H2,1-2H3. The average molecular weight is 309 g/mol. The van der Waals surface area contributed by atoms with E-state index in [0.29, 0.717) is 19.4 Å². The minimum atomic E-state index is -2.90. The second kappa shape index (κ2) is 6.75. The van der Waals surface area contributed by atoms with E-state index in [0.717, 1.165) is 10.9 Å². The van der Waals surface area contributed by atoms with Gasteiger partial charge in [-0.25, -0.2) is 0 Å². The first kappa shape index (κ1) is 14.2. The predicted octanol–water partition coefficient (Wildman–Crippen LogP) is 4.11.